The third-order valence-electron chi connectivity index (χ3n) is 1.24. The van der Waals surface area contributed by atoms with Crippen LogP contribution in [0.2, 0.25) is 0 Å². The average molecular weight is 288 g/mol. The summed E-state index contributed by atoms with van der Waals surface area (Å²) in [5.41, 5.74) is 3.99. The number of halogens is 4. The van der Waals surface area contributed by atoms with Gasteiger partial charge in [0.25, 0.3) is 6.43 Å². The molecule has 0 bridgehead atoms. The molecule has 0 unspecified atom stereocenters. The van der Waals surface area contributed by atoms with Crippen LogP contribution in [-0.4, -0.2) is 4.98 Å². The molecule has 2 N–H and O–H groups in total. The summed E-state index contributed by atoms with van der Waals surface area (Å²) in [6, 6.07) is 0. The standard InChI is InChI=1S/C6H4F3IN2/c7-3-4(11)2(10)1-12-5(3)6(8)9/h1,6H,(H2,11,12). The molecule has 0 fully saturated rings. The summed E-state index contributed by atoms with van der Waals surface area (Å²) in [5.74, 6) is -1.13. The molecule has 0 aliphatic heterocycles. The Kier molecular flexibility index (Phi) is 2.76. The highest BCUT2D eigenvalue weighted by Crippen LogP contribution is 2.25. The number of nitrogen functional groups attached to an aromatic ring is 1. The van der Waals surface area contributed by atoms with Gasteiger partial charge in [0.15, 0.2) is 5.82 Å². The van der Waals surface area contributed by atoms with Crippen LogP contribution < -0.4 is 5.73 Å². The van der Waals surface area contributed by atoms with Gasteiger partial charge in [0.05, 0.1) is 9.26 Å². The SMILES string of the molecule is Nc1c(I)cnc(C(F)F)c1F. The second-order valence-corrected chi connectivity index (χ2v) is 3.18. The molecule has 1 rings (SSSR count). The molecule has 66 valence electrons. The highest BCUT2D eigenvalue weighted by molar-refractivity contribution is 14.1. The molecular formula is C6H4F3IN2. The fourth-order valence-electron chi connectivity index (χ4n) is 0.647. The van der Waals surface area contributed by atoms with Crippen molar-refractivity contribution in [3.63, 3.8) is 0 Å². The van der Waals surface area contributed by atoms with Crippen molar-refractivity contribution in [3.05, 3.63) is 21.3 Å². The highest BCUT2D eigenvalue weighted by atomic mass is 127. The average Bonchev–Trinajstić information content (AvgIpc) is 2.00. The summed E-state index contributed by atoms with van der Waals surface area (Å²) in [4.78, 5) is 3.23. The Labute approximate surface area is 80.1 Å². The van der Waals surface area contributed by atoms with E-state index in [1.54, 1.807) is 22.6 Å². The molecule has 12 heavy (non-hydrogen) atoms. The number of hydrogen-bond acceptors (Lipinski definition) is 2. The lowest BCUT2D eigenvalue weighted by Crippen LogP contribution is -2.02. The Morgan fingerprint density at radius 2 is 2.08 bits per heavy atom. The maximum Gasteiger partial charge on any atom is 0.283 e. The van der Waals surface area contributed by atoms with E-state index in [2.05, 4.69) is 4.98 Å². The molecular weight excluding hydrogens is 284 g/mol. The number of nitrogens with zero attached hydrogens (tertiary/aromatic N) is 1. The second-order valence-electron chi connectivity index (χ2n) is 2.02. The lowest BCUT2D eigenvalue weighted by molar-refractivity contribution is 0.140. The first-order valence-electron chi connectivity index (χ1n) is 2.91. The van der Waals surface area contributed by atoms with Crippen molar-refractivity contribution in [2.24, 2.45) is 0 Å². The van der Waals surface area contributed by atoms with Gasteiger partial charge in [0, 0.05) is 6.20 Å². The maximum absolute atomic E-state index is 12.8. The van der Waals surface area contributed by atoms with Gasteiger partial charge in [-0.15, -0.1) is 0 Å². The van der Waals surface area contributed by atoms with Crippen LogP contribution in [0, 0.1) is 9.39 Å². The van der Waals surface area contributed by atoms with Gasteiger partial charge in [-0.05, 0) is 22.6 Å². The minimum atomic E-state index is -2.93. The summed E-state index contributed by atoms with van der Waals surface area (Å²) < 4.78 is 37.1. The molecule has 0 spiro atoms. The Balaban J connectivity index is 3.27. The van der Waals surface area contributed by atoms with Crippen LogP contribution in [0.3, 0.4) is 0 Å². The number of anilines is 1. The molecule has 0 saturated heterocycles. The fraction of sp³-hybridized carbons (Fsp3) is 0.167. The Morgan fingerprint density at radius 3 is 2.58 bits per heavy atom. The van der Waals surface area contributed by atoms with Crippen molar-refractivity contribution in [3.8, 4) is 0 Å². The predicted octanol–water partition coefficient (Wildman–Crippen LogP) is 2.35. The Bertz CT molecular complexity index is 303. The highest BCUT2D eigenvalue weighted by Gasteiger charge is 2.18. The van der Waals surface area contributed by atoms with Gasteiger partial charge in [-0.3, -0.25) is 4.98 Å². The summed E-state index contributed by atoms with van der Waals surface area (Å²) in [6.45, 7) is 0. The number of alkyl halides is 2. The van der Waals surface area contributed by atoms with E-state index in [1.165, 1.54) is 0 Å². The first-order valence-corrected chi connectivity index (χ1v) is 3.99. The van der Waals surface area contributed by atoms with Gasteiger partial charge in [0.1, 0.15) is 5.69 Å². The van der Waals surface area contributed by atoms with E-state index in [9.17, 15) is 13.2 Å². The van der Waals surface area contributed by atoms with Gasteiger partial charge < -0.3 is 5.73 Å². The monoisotopic (exact) mass is 288 g/mol. The quantitative estimate of drug-likeness (QED) is 0.806. The molecule has 0 aliphatic carbocycles. The van der Waals surface area contributed by atoms with E-state index in [4.69, 9.17) is 5.73 Å². The first-order chi connectivity index (χ1) is 5.54. The number of nitrogens with two attached hydrogens (primary N) is 1. The van der Waals surface area contributed by atoms with Crippen molar-refractivity contribution in [1.82, 2.24) is 4.98 Å². The van der Waals surface area contributed by atoms with Crippen LogP contribution in [0.15, 0.2) is 6.20 Å². The van der Waals surface area contributed by atoms with E-state index in [0.717, 1.165) is 6.20 Å². The van der Waals surface area contributed by atoms with E-state index in [1.807, 2.05) is 0 Å². The maximum atomic E-state index is 12.8. The van der Waals surface area contributed by atoms with Gasteiger partial charge in [-0.2, -0.15) is 0 Å². The van der Waals surface area contributed by atoms with E-state index in [-0.39, 0.29) is 5.69 Å². The molecule has 2 nitrogen and oxygen atoms in total. The van der Waals surface area contributed by atoms with Gasteiger partial charge in [-0.1, -0.05) is 0 Å². The minimum Gasteiger partial charge on any atom is -0.395 e. The molecule has 0 atom stereocenters. The fourth-order valence-corrected chi connectivity index (χ4v) is 1.02. The summed E-state index contributed by atoms with van der Waals surface area (Å²) in [5, 5.41) is 0. The van der Waals surface area contributed by atoms with Gasteiger partial charge in [0.2, 0.25) is 0 Å². The van der Waals surface area contributed by atoms with Crippen LogP contribution in [-0.2, 0) is 0 Å². The Morgan fingerprint density at radius 1 is 1.50 bits per heavy atom. The molecule has 1 aromatic heterocycles. The Hall–Kier alpha value is -0.530. The lowest BCUT2D eigenvalue weighted by atomic mass is 10.3. The van der Waals surface area contributed by atoms with Crippen molar-refractivity contribution < 1.29 is 13.2 Å². The smallest absolute Gasteiger partial charge is 0.283 e. The minimum absolute atomic E-state index is 0.277. The van der Waals surface area contributed by atoms with Crippen LogP contribution in [0.25, 0.3) is 0 Å². The molecule has 1 heterocycles. The van der Waals surface area contributed by atoms with Crippen molar-refractivity contribution in [2.45, 2.75) is 6.43 Å². The summed E-state index contributed by atoms with van der Waals surface area (Å²) >= 11 is 1.72. The number of rotatable bonds is 1. The molecule has 0 amide bonds. The van der Waals surface area contributed by atoms with Crippen molar-refractivity contribution >= 4 is 28.3 Å². The predicted molar refractivity (Wildman–Crippen MR) is 46.3 cm³/mol. The summed E-state index contributed by atoms with van der Waals surface area (Å²) in [7, 11) is 0. The number of hydrogen-bond donors (Lipinski definition) is 1. The molecule has 0 aliphatic rings. The van der Waals surface area contributed by atoms with Crippen molar-refractivity contribution in [2.75, 3.05) is 5.73 Å². The summed E-state index contributed by atoms with van der Waals surface area (Å²) in [6.07, 6.45) is -1.82. The molecule has 0 radical (unpaired) electrons. The molecule has 1 aromatic rings. The number of aromatic nitrogens is 1. The van der Waals surface area contributed by atoms with E-state index < -0.39 is 17.9 Å². The van der Waals surface area contributed by atoms with Crippen LogP contribution >= 0.6 is 22.6 Å². The zero-order valence-electron chi connectivity index (χ0n) is 5.69. The van der Waals surface area contributed by atoms with Crippen molar-refractivity contribution in [1.29, 1.82) is 0 Å². The second kappa shape index (κ2) is 3.46. The third kappa shape index (κ3) is 1.62. The van der Waals surface area contributed by atoms with E-state index in [0.29, 0.717) is 3.57 Å². The molecule has 0 saturated carbocycles. The van der Waals surface area contributed by atoms with E-state index >= 15 is 0 Å². The van der Waals surface area contributed by atoms with Crippen LogP contribution in [0.1, 0.15) is 12.1 Å². The molecule has 6 heteroatoms. The molecule has 0 aromatic carbocycles. The third-order valence-corrected chi connectivity index (χ3v) is 2.10. The van der Waals surface area contributed by atoms with Crippen LogP contribution in [0.5, 0.6) is 0 Å². The van der Waals surface area contributed by atoms with Crippen LogP contribution in [0.4, 0.5) is 18.9 Å². The first kappa shape index (κ1) is 9.56. The topological polar surface area (TPSA) is 38.9 Å². The van der Waals surface area contributed by atoms with Gasteiger partial charge >= 0.3 is 0 Å². The lowest BCUT2D eigenvalue weighted by Gasteiger charge is -2.04. The van der Waals surface area contributed by atoms with Gasteiger partial charge in [-0.25, -0.2) is 13.2 Å². The largest absolute Gasteiger partial charge is 0.395 e. The number of pyridine rings is 1. The zero-order chi connectivity index (χ0) is 9.30. The normalized spacial score (nSPS) is 10.8. The zero-order valence-corrected chi connectivity index (χ0v) is 7.85.